The summed E-state index contributed by atoms with van der Waals surface area (Å²) in [5.41, 5.74) is 1.42. The number of aromatic nitrogens is 1. The van der Waals surface area contributed by atoms with Crippen molar-refractivity contribution in [2.75, 3.05) is 19.6 Å². The Labute approximate surface area is 150 Å². The lowest BCUT2D eigenvalue weighted by Crippen LogP contribution is -2.37. The van der Waals surface area contributed by atoms with E-state index in [1.807, 2.05) is 24.3 Å². The minimum Gasteiger partial charge on any atom is -0.356 e. The number of para-hydroxylation sites is 1. The van der Waals surface area contributed by atoms with Crippen LogP contribution in [0.25, 0.3) is 11.0 Å². The molecule has 1 aliphatic rings. The standard InChI is InChI=1S/C19H21N3O2S/c23-19(12-15-14-6-1-2-7-17(14)24-21-15)20-13-16(18-8-5-11-25-18)22-9-3-4-10-22/h1-2,5-8,11,16H,3-4,9-10,12-13H2,(H,20,23). The number of nitrogens with one attached hydrogen (secondary N) is 1. The number of hydrogen-bond donors (Lipinski definition) is 1. The molecule has 0 radical (unpaired) electrons. The van der Waals surface area contributed by atoms with Crippen molar-refractivity contribution in [3.63, 3.8) is 0 Å². The molecule has 130 valence electrons. The Kier molecular flexibility index (Phi) is 4.81. The van der Waals surface area contributed by atoms with E-state index in [0.29, 0.717) is 12.2 Å². The van der Waals surface area contributed by atoms with Crippen molar-refractivity contribution in [2.24, 2.45) is 0 Å². The van der Waals surface area contributed by atoms with Crippen molar-refractivity contribution in [3.05, 3.63) is 52.3 Å². The summed E-state index contributed by atoms with van der Waals surface area (Å²) in [7, 11) is 0. The fourth-order valence-corrected chi connectivity index (χ4v) is 4.30. The molecule has 1 amide bonds. The van der Waals surface area contributed by atoms with Crippen LogP contribution in [0.2, 0.25) is 0 Å². The van der Waals surface area contributed by atoms with Gasteiger partial charge in [-0.2, -0.15) is 0 Å². The zero-order chi connectivity index (χ0) is 17.1. The molecule has 0 saturated carbocycles. The number of benzene rings is 1. The number of carbonyl (C=O) groups is 1. The summed E-state index contributed by atoms with van der Waals surface area (Å²) < 4.78 is 5.28. The van der Waals surface area contributed by atoms with Crippen LogP contribution in [0.1, 0.15) is 29.5 Å². The second-order valence-corrected chi connectivity index (χ2v) is 7.36. The van der Waals surface area contributed by atoms with E-state index >= 15 is 0 Å². The van der Waals surface area contributed by atoms with E-state index in [1.54, 1.807) is 11.3 Å². The number of likely N-dealkylation sites (tertiary alicyclic amines) is 1. The third-order valence-corrected chi connectivity index (χ3v) is 5.70. The van der Waals surface area contributed by atoms with Crippen LogP contribution in [0, 0.1) is 0 Å². The second-order valence-electron chi connectivity index (χ2n) is 6.38. The fourth-order valence-electron chi connectivity index (χ4n) is 3.43. The molecule has 0 spiro atoms. The van der Waals surface area contributed by atoms with E-state index in [1.165, 1.54) is 17.7 Å². The van der Waals surface area contributed by atoms with Crippen LogP contribution < -0.4 is 5.32 Å². The highest BCUT2D eigenvalue weighted by atomic mass is 32.1. The first-order valence-electron chi connectivity index (χ1n) is 8.69. The van der Waals surface area contributed by atoms with Crippen molar-refractivity contribution in [1.82, 2.24) is 15.4 Å². The van der Waals surface area contributed by atoms with Gasteiger partial charge in [0.15, 0.2) is 5.58 Å². The van der Waals surface area contributed by atoms with Crippen LogP contribution in [-0.2, 0) is 11.2 Å². The zero-order valence-electron chi connectivity index (χ0n) is 14.0. The molecule has 5 nitrogen and oxygen atoms in total. The normalized spacial score (nSPS) is 16.3. The first kappa shape index (κ1) is 16.3. The summed E-state index contributed by atoms with van der Waals surface area (Å²) in [5.74, 6) is -0.0141. The lowest BCUT2D eigenvalue weighted by Gasteiger charge is -2.26. The Balaban J connectivity index is 1.41. The summed E-state index contributed by atoms with van der Waals surface area (Å²) in [6.45, 7) is 2.84. The average molecular weight is 355 g/mol. The largest absolute Gasteiger partial charge is 0.356 e. The van der Waals surface area contributed by atoms with Crippen LogP contribution in [-0.4, -0.2) is 35.6 Å². The Morgan fingerprint density at radius 2 is 2.08 bits per heavy atom. The van der Waals surface area contributed by atoms with Gasteiger partial charge in [-0.25, -0.2) is 0 Å². The molecule has 1 saturated heterocycles. The molecule has 1 N–H and O–H groups in total. The van der Waals surface area contributed by atoms with Gasteiger partial charge in [0.25, 0.3) is 0 Å². The molecule has 2 aromatic heterocycles. The first-order valence-corrected chi connectivity index (χ1v) is 9.56. The van der Waals surface area contributed by atoms with E-state index in [0.717, 1.165) is 24.1 Å². The van der Waals surface area contributed by atoms with Gasteiger partial charge in [0.2, 0.25) is 5.91 Å². The quantitative estimate of drug-likeness (QED) is 0.736. The van der Waals surface area contributed by atoms with Gasteiger partial charge in [-0.05, 0) is 49.5 Å². The molecule has 6 heteroatoms. The van der Waals surface area contributed by atoms with E-state index in [2.05, 4.69) is 32.9 Å². The summed E-state index contributed by atoms with van der Waals surface area (Å²) in [6, 6.07) is 12.1. The maximum atomic E-state index is 12.4. The maximum absolute atomic E-state index is 12.4. The van der Waals surface area contributed by atoms with E-state index in [-0.39, 0.29) is 18.4 Å². The molecule has 1 aromatic carbocycles. The van der Waals surface area contributed by atoms with Crippen LogP contribution in [0.5, 0.6) is 0 Å². The smallest absolute Gasteiger partial charge is 0.226 e. The van der Waals surface area contributed by atoms with Crippen LogP contribution in [0.15, 0.2) is 46.3 Å². The Morgan fingerprint density at radius 1 is 1.24 bits per heavy atom. The highest BCUT2D eigenvalue weighted by Gasteiger charge is 2.24. The lowest BCUT2D eigenvalue weighted by molar-refractivity contribution is -0.120. The molecule has 3 heterocycles. The van der Waals surface area contributed by atoms with Crippen molar-refractivity contribution < 1.29 is 9.32 Å². The molecule has 1 fully saturated rings. The number of rotatable bonds is 6. The SMILES string of the molecule is O=C(Cc1noc2ccccc12)NCC(c1cccs1)N1CCCC1. The van der Waals surface area contributed by atoms with Crippen molar-refractivity contribution >= 4 is 28.2 Å². The van der Waals surface area contributed by atoms with Crippen LogP contribution in [0.4, 0.5) is 0 Å². The molecular weight excluding hydrogens is 334 g/mol. The molecule has 1 atom stereocenters. The third-order valence-electron chi connectivity index (χ3n) is 4.73. The van der Waals surface area contributed by atoms with Crippen molar-refractivity contribution in [3.8, 4) is 0 Å². The van der Waals surface area contributed by atoms with Gasteiger partial charge < -0.3 is 9.84 Å². The Morgan fingerprint density at radius 3 is 2.88 bits per heavy atom. The third kappa shape index (κ3) is 3.60. The molecule has 25 heavy (non-hydrogen) atoms. The van der Waals surface area contributed by atoms with E-state index in [9.17, 15) is 4.79 Å². The zero-order valence-corrected chi connectivity index (χ0v) is 14.8. The number of amides is 1. The van der Waals surface area contributed by atoms with Crippen molar-refractivity contribution in [2.45, 2.75) is 25.3 Å². The summed E-state index contributed by atoms with van der Waals surface area (Å²) in [4.78, 5) is 16.2. The van der Waals surface area contributed by atoms with Crippen LogP contribution in [0.3, 0.4) is 0 Å². The minimum absolute atomic E-state index is 0.0141. The molecule has 0 bridgehead atoms. The topological polar surface area (TPSA) is 58.4 Å². The monoisotopic (exact) mass is 355 g/mol. The first-order chi connectivity index (χ1) is 12.3. The Bertz CT molecular complexity index is 837. The lowest BCUT2D eigenvalue weighted by atomic mass is 10.1. The number of thiophene rings is 1. The molecular formula is C19H21N3O2S. The van der Waals surface area contributed by atoms with E-state index in [4.69, 9.17) is 4.52 Å². The number of nitrogens with zero attached hydrogens (tertiary/aromatic N) is 2. The van der Waals surface area contributed by atoms with Gasteiger partial charge in [-0.3, -0.25) is 9.69 Å². The van der Waals surface area contributed by atoms with Gasteiger partial charge >= 0.3 is 0 Å². The van der Waals surface area contributed by atoms with Gasteiger partial charge in [0, 0.05) is 16.8 Å². The van der Waals surface area contributed by atoms with Gasteiger partial charge in [0.05, 0.1) is 12.5 Å². The minimum atomic E-state index is -0.0141. The summed E-state index contributed by atoms with van der Waals surface area (Å²) in [6.07, 6.45) is 2.72. The maximum Gasteiger partial charge on any atom is 0.226 e. The summed E-state index contributed by atoms with van der Waals surface area (Å²) >= 11 is 1.76. The predicted molar refractivity (Wildman–Crippen MR) is 98.6 cm³/mol. The molecule has 0 aliphatic carbocycles. The average Bonchev–Trinajstić information content (AvgIpc) is 3.38. The second kappa shape index (κ2) is 7.37. The molecule has 3 aromatic rings. The fraction of sp³-hybridized carbons (Fsp3) is 0.368. The summed E-state index contributed by atoms with van der Waals surface area (Å²) in [5, 5.41) is 10.1. The molecule has 4 rings (SSSR count). The molecule has 1 aliphatic heterocycles. The van der Waals surface area contributed by atoms with Crippen molar-refractivity contribution in [1.29, 1.82) is 0 Å². The number of hydrogen-bond acceptors (Lipinski definition) is 5. The van der Waals surface area contributed by atoms with Gasteiger partial charge in [-0.1, -0.05) is 23.4 Å². The van der Waals surface area contributed by atoms with Gasteiger partial charge in [0.1, 0.15) is 5.69 Å². The van der Waals surface area contributed by atoms with Crippen LogP contribution >= 0.6 is 11.3 Å². The number of fused-ring (bicyclic) bond motifs is 1. The molecule has 1 unspecified atom stereocenters. The Hall–Kier alpha value is -2.18. The number of carbonyl (C=O) groups excluding carboxylic acids is 1. The van der Waals surface area contributed by atoms with E-state index < -0.39 is 0 Å². The highest BCUT2D eigenvalue weighted by molar-refractivity contribution is 7.10. The highest BCUT2D eigenvalue weighted by Crippen LogP contribution is 2.28. The predicted octanol–water partition coefficient (Wildman–Crippen LogP) is 3.39. The van der Waals surface area contributed by atoms with Gasteiger partial charge in [-0.15, -0.1) is 11.3 Å².